The Hall–Kier alpha value is -2.75. The van der Waals surface area contributed by atoms with Gasteiger partial charge < -0.3 is 10.1 Å². The molecule has 0 heterocycles. The number of hydrogen-bond acceptors (Lipinski definition) is 5. The van der Waals surface area contributed by atoms with Gasteiger partial charge in [-0.05, 0) is 67.2 Å². The summed E-state index contributed by atoms with van der Waals surface area (Å²) in [6.45, 7) is 6.25. The molecular weight excluding hydrogens is 410 g/mol. The van der Waals surface area contributed by atoms with Crippen molar-refractivity contribution in [1.82, 2.24) is 10.0 Å². The number of nitrogens with one attached hydrogen (secondary N) is 3. The van der Waals surface area contributed by atoms with E-state index >= 15 is 0 Å². The van der Waals surface area contributed by atoms with Crippen molar-refractivity contribution < 1.29 is 17.9 Å². The maximum atomic E-state index is 12.3. The Bertz CT molecular complexity index is 956. The van der Waals surface area contributed by atoms with Crippen LogP contribution in [0.5, 0.6) is 5.75 Å². The lowest BCUT2D eigenvalue weighted by Gasteiger charge is -2.11. The molecule has 154 valence electrons. The third kappa shape index (κ3) is 6.97. The predicted octanol–water partition coefficient (Wildman–Crippen LogP) is 3.07. The molecule has 0 saturated carbocycles. The predicted molar refractivity (Wildman–Crippen MR) is 118 cm³/mol. The maximum Gasteiger partial charge on any atom is 0.257 e. The number of benzene rings is 2. The molecule has 0 radical (unpaired) electrons. The van der Waals surface area contributed by atoms with Gasteiger partial charge in [-0.25, -0.2) is 13.1 Å². The summed E-state index contributed by atoms with van der Waals surface area (Å²) < 4.78 is 31.9. The van der Waals surface area contributed by atoms with E-state index in [-0.39, 0.29) is 22.5 Å². The van der Waals surface area contributed by atoms with E-state index in [1.807, 2.05) is 6.92 Å². The zero-order chi connectivity index (χ0) is 21.3. The monoisotopic (exact) mass is 433 g/mol. The molecule has 3 N–H and O–H groups in total. The van der Waals surface area contributed by atoms with Crippen LogP contribution in [0.15, 0.2) is 66.1 Å². The minimum atomic E-state index is -3.59. The summed E-state index contributed by atoms with van der Waals surface area (Å²) in [4.78, 5) is 12.4. The van der Waals surface area contributed by atoms with Crippen LogP contribution in [-0.2, 0) is 10.0 Å². The van der Waals surface area contributed by atoms with Gasteiger partial charge in [-0.15, -0.1) is 6.58 Å². The summed E-state index contributed by atoms with van der Waals surface area (Å²) in [6, 6.07) is 12.7. The number of rotatable bonds is 9. The van der Waals surface area contributed by atoms with Gasteiger partial charge >= 0.3 is 0 Å². The molecule has 2 aromatic carbocycles. The Morgan fingerprint density at radius 3 is 2.38 bits per heavy atom. The lowest BCUT2D eigenvalue weighted by Crippen LogP contribution is -2.34. The Balaban J connectivity index is 1.93. The molecule has 0 atom stereocenters. The quantitative estimate of drug-likeness (QED) is 0.415. The molecule has 0 aromatic heterocycles. The van der Waals surface area contributed by atoms with Crippen molar-refractivity contribution in [3.63, 3.8) is 0 Å². The van der Waals surface area contributed by atoms with E-state index < -0.39 is 10.0 Å². The molecular formula is C20H23N3O4S2. The van der Waals surface area contributed by atoms with Gasteiger partial charge in [-0.3, -0.25) is 10.1 Å². The molecule has 0 unspecified atom stereocenters. The van der Waals surface area contributed by atoms with Crippen LogP contribution in [0.2, 0.25) is 0 Å². The van der Waals surface area contributed by atoms with E-state index in [9.17, 15) is 13.2 Å². The fraction of sp³-hybridized carbons (Fsp3) is 0.200. The summed E-state index contributed by atoms with van der Waals surface area (Å²) in [7, 11) is -3.59. The smallest absolute Gasteiger partial charge is 0.257 e. The third-order valence-corrected chi connectivity index (χ3v) is 5.30. The molecule has 0 aliphatic carbocycles. The van der Waals surface area contributed by atoms with Gasteiger partial charge in [-0.2, -0.15) is 0 Å². The molecule has 0 aliphatic rings. The van der Waals surface area contributed by atoms with Gasteiger partial charge in [0.15, 0.2) is 5.11 Å². The first-order valence-electron chi connectivity index (χ1n) is 8.91. The topological polar surface area (TPSA) is 96.5 Å². The number of sulfonamides is 1. The number of ether oxygens (including phenoxy) is 1. The Morgan fingerprint density at radius 1 is 1.14 bits per heavy atom. The minimum Gasteiger partial charge on any atom is -0.494 e. The van der Waals surface area contributed by atoms with Crippen LogP contribution >= 0.6 is 12.2 Å². The van der Waals surface area contributed by atoms with Gasteiger partial charge in [0.25, 0.3) is 5.91 Å². The van der Waals surface area contributed by atoms with Crippen molar-refractivity contribution in [2.45, 2.75) is 18.2 Å². The van der Waals surface area contributed by atoms with Crippen LogP contribution in [-0.4, -0.2) is 32.6 Å². The number of carbonyl (C=O) groups excluding carboxylic acids is 1. The Morgan fingerprint density at radius 2 is 1.79 bits per heavy atom. The van der Waals surface area contributed by atoms with Crippen molar-refractivity contribution in [3.8, 4) is 5.75 Å². The summed E-state index contributed by atoms with van der Waals surface area (Å²) in [5.41, 5.74) is 0.981. The van der Waals surface area contributed by atoms with Crippen molar-refractivity contribution in [2.75, 3.05) is 18.5 Å². The number of carbonyl (C=O) groups is 1. The Kier molecular flexibility index (Phi) is 8.32. The molecule has 0 aliphatic heterocycles. The zero-order valence-electron chi connectivity index (χ0n) is 16.0. The van der Waals surface area contributed by atoms with E-state index in [2.05, 4.69) is 21.9 Å². The molecule has 7 nitrogen and oxygen atoms in total. The highest BCUT2D eigenvalue weighted by atomic mass is 32.2. The number of hydrogen-bond donors (Lipinski definition) is 3. The molecule has 2 aromatic rings. The van der Waals surface area contributed by atoms with E-state index in [0.717, 1.165) is 6.42 Å². The molecule has 0 bridgehead atoms. The fourth-order valence-electron chi connectivity index (χ4n) is 2.23. The van der Waals surface area contributed by atoms with Crippen molar-refractivity contribution >= 4 is 38.9 Å². The second-order valence-corrected chi connectivity index (χ2v) is 8.12. The standard InChI is InChI=1S/C20H23N3O4S2/c1-3-13-21-29(25,26)18-11-7-16(8-12-18)22-20(28)23-19(24)15-5-9-17(10-6-15)27-14-4-2/h3,5-12,21H,1,4,13-14H2,2H3,(H2,22,23,24,28). The summed E-state index contributed by atoms with van der Waals surface area (Å²) in [5, 5.41) is 5.52. The van der Waals surface area contributed by atoms with E-state index in [4.69, 9.17) is 17.0 Å². The second kappa shape index (κ2) is 10.7. The van der Waals surface area contributed by atoms with Gasteiger partial charge in [-0.1, -0.05) is 13.0 Å². The van der Waals surface area contributed by atoms with E-state index in [0.29, 0.717) is 23.6 Å². The van der Waals surface area contributed by atoms with Crippen molar-refractivity contribution in [3.05, 3.63) is 66.7 Å². The number of amides is 1. The highest BCUT2D eigenvalue weighted by Gasteiger charge is 2.13. The summed E-state index contributed by atoms with van der Waals surface area (Å²) in [6.07, 6.45) is 2.36. The first-order chi connectivity index (χ1) is 13.9. The molecule has 0 saturated heterocycles. The number of anilines is 1. The first-order valence-corrected chi connectivity index (χ1v) is 10.8. The molecule has 9 heteroatoms. The average Bonchev–Trinajstić information content (AvgIpc) is 2.71. The summed E-state index contributed by atoms with van der Waals surface area (Å²) >= 11 is 5.15. The van der Waals surface area contributed by atoms with Crippen LogP contribution < -0.4 is 20.1 Å². The highest BCUT2D eigenvalue weighted by Crippen LogP contribution is 2.15. The SMILES string of the molecule is C=CCNS(=O)(=O)c1ccc(NC(=S)NC(=O)c2ccc(OCCC)cc2)cc1. The van der Waals surface area contributed by atoms with Gasteiger partial charge in [0.2, 0.25) is 10.0 Å². The van der Waals surface area contributed by atoms with Crippen LogP contribution in [0.3, 0.4) is 0 Å². The average molecular weight is 434 g/mol. The summed E-state index contributed by atoms with van der Waals surface area (Å²) in [5.74, 6) is 0.332. The molecule has 0 spiro atoms. The molecule has 1 amide bonds. The van der Waals surface area contributed by atoms with Gasteiger partial charge in [0.05, 0.1) is 11.5 Å². The largest absolute Gasteiger partial charge is 0.494 e. The minimum absolute atomic E-state index is 0.0988. The van der Waals surface area contributed by atoms with Crippen molar-refractivity contribution in [1.29, 1.82) is 0 Å². The lowest BCUT2D eigenvalue weighted by atomic mass is 10.2. The molecule has 0 fully saturated rings. The van der Waals surface area contributed by atoms with Crippen LogP contribution in [0, 0.1) is 0 Å². The fourth-order valence-corrected chi connectivity index (χ4v) is 3.44. The van der Waals surface area contributed by atoms with Gasteiger partial charge in [0.1, 0.15) is 5.75 Å². The van der Waals surface area contributed by atoms with Crippen LogP contribution in [0.4, 0.5) is 5.69 Å². The lowest BCUT2D eigenvalue weighted by molar-refractivity contribution is 0.0977. The first kappa shape index (κ1) is 22.5. The third-order valence-electron chi connectivity index (χ3n) is 3.66. The van der Waals surface area contributed by atoms with Crippen LogP contribution in [0.25, 0.3) is 0 Å². The number of thiocarbonyl (C=S) groups is 1. The normalized spacial score (nSPS) is 10.8. The Labute approximate surface area is 176 Å². The molecule has 29 heavy (non-hydrogen) atoms. The zero-order valence-corrected chi connectivity index (χ0v) is 17.6. The van der Waals surface area contributed by atoms with E-state index in [1.165, 1.54) is 18.2 Å². The second-order valence-electron chi connectivity index (χ2n) is 5.95. The van der Waals surface area contributed by atoms with E-state index in [1.54, 1.807) is 36.4 Å². The molecule has 2 rings (SSSR count). The van der Waals surface area contributed by atoms with Crippen molar-refractivity contribution in [2.24, 2.45) is 0 Å². The van der Waals surface area contributed by atoms with Gasteiger partial charge in [0, 0.05) is 17.8 Å². The highest BCUT2D eigenvalue weighted by molar-refractivity contribution is 7.89. The maximum absolute atomic E-state index is 12.3. The van der Waals surface area contributed by atoms with Crippen LogP contribution in [0.1, 0.15) is 23.7 Å².